The van der Waals surface area contributed by atoms with Crippen LogP contribution in [0.1, 0.15) is 0 Å². The highest BCUT2D eigenvalue weighted by atomic mass is 79.9. The Bertz CT molecular complexity index is 496. The van der Waals surface area contributed by atoms with Gasteiger partial charge >= 0.3 is 0 Å². The lowest BCUT2D eigenvalue weighted by Crippen LogP contribution is -1.90. The van der Waals surface area contributed by atoms with Gasteiger partial charge in [0.1, 0.15) is 17.3 Å². The molecule has 82 valence electrons. The molecule has 0 aliphatic carbocycles. The van der Waals surface area contributed by atoms with Crippen LogP contribution in [0.25, 0.3) is 0 Å². The van der Waals surface area contributed by atoms with Crippen LogP contribution in [0.4, 0.5) is 10.1 Å². The minimum absolute atomic E-state index is 0.338. The van der Waals surface area contributed by atoms with Crippen LogP contribution >= 0.6 is 15.9 Å². The van der Waals surface area contributed by atoms with E-state index in [9.17, 15) is 4.39 Å². The molecule has 2 N–H and O–H groups in total. The van der Waals surface area contributed by atoms with Gasteiger partial charge in [0.25, 0.3) is 0 Å². The number of hydrogen-bond acceptors (Lipinski definition) is 2. The predicted octanol–water partition coefficient (Wildman–Crippen LogP) is 3.96. The molecule has 0 aliphatic heterocycles. The maximum Gasteiger partial charge on any atom is 0.132 e. The molecule has 0 saturated heterocycles. The number of nitrogen functional groups attached to an aromatic ring is 1. The van der Waals surface area contributed by atoms with Crippen LogP contribution < -0.4 is 10.5 Å². The molecule has 0 saturated carbocycles. The van der Waals surface area contributed by atoms with E-state index >= 15 is 0 Å². The van der Waals surface area contributed by atoms with E-state index in [1.807, 2.05) is 12.1 Å². The topological polar surface area (TPSA) is 35.2 Å². The fourth-order valence-corrected chi connectivity index (χ4v) is 1.69. The summed E-state index contributed by atoms with van der Waals surface area (Å²) in [5.74, 6) is 0.597. The third-order valence-electron chi connectivity index (χ3n) is 1.93. The van der Waals surface area contributed by atoms with E-state index in [0.29, 0.717) is 17.2 Å². The summed E-state index contributed by atoms with van der Waals surface area (Å²) in [4.78, 5) is 0. The molecule has 0 spiro atoms. The minimum Gasteiger partial charge on any atom is -0.457 e. The van der Waals surface area contributed by atoms with Crippen molar-refractivity contribution >= 4 is 21.6 Å². The highest BCUT2D eigenvalue weighted by Gasteiger charge is 2.01. The Morgan fingerprint density at radius 3 is 2.56 bits per heavy atom. The molecule has 0 atom stereocenters. The van der Waals surface area contributed by atoms with Crippen molar-refractivity contribution < 1.29 is 9.13 Å². The Hall–Kier alpha value is -1.55. The third kappa shape index (κ3) is 2.73. The molecule has 0 bridgehead atoms. The van der Waals surface area contributed by atoms with E-state index in [1.165, 1.54) is 12.1 Å². The predicted molar refractivity (Wildman–Crippen MR) is 65.0 cm³/mol. The smallest absolute Gasteiger partial charge is 0.132 e. The van der Waals surface area contributed by atoms with Crippen molar-refractivity contribution in [3.05, 3.63) is 52.8 Å². The van der Waals surface area contributed by atoms with Gasteiger partial charge in [-0.3, -0.25) is 0 Å². The maximum atomic E-state index is 13.0. The molecule has 0 unspecified atom stereocenters. The number of hydrogen-bond donors (Lipinski definition) is 1. The zero-order valence-corrected chi connectivity index (χ0v) is 9.87. The maximum absolute atomic E-state index is 13.0. The quantitative estimate of drug-likeness (QED) is 0.846. The van der Waals surface area contributed by atoms with Crippen molar-refractivity contribution in [1.29, 1.82) is 0 Å². The summed E-state index contributed by atoms with van der Waals surface area (Å²) in [7, 11) is 0. The summed E-state index contributed by atoms with van der Waals surface area (Å²) in [6.07, 6.45) is 0. The molecule has 0 aromatic heterocycles. The van der Waals surface area contributed by atoms with Gasteiger partial charge in [0.2, 0.25) is 0 Å². The van der Waals surface area contributed by atoms with Gasteiger partial charge in [0.15, 0.2) is 0 Å². The van der Waals surface area contributed by atoms with Crippen molar-refractivity contribution in [3.8, 4) is 11.5 Å². The molecule has 16 heavy (non-hydrogen) atoms. The second kappa shape index (κ2) is 4.53. The van der Waals surface area contributed by atoms with Gasteiger partial charge in [-0.25, -0.2) is 4.39 Å². The van der Waals surface area contributed by atoms with Gasteiger partial charge in [-0.2, -0.15) is 0 Å². The van der Waals surface area contributed by atoms with Crippen LogP contribution in [-0.4, -0.2) is 0 Å². The molecular formula is C12H9BrFNO. The first-order chi connectivity index (χ1) is 7.63. The number of nitrogens with two attached hydrogens (primary N) is 1. The van der Waals surface area contributed by atoms with Crippen molar-refractivity contribution in [2.24, 2.45) is 0 Å². The molecular weight excluding hydrogens is 273 g/mol. The van der Waals surface area contributed by atoms with Gasteiger partial charge in [0.05, 0.1) is 0 Å². The standard InChI is InChI=1S/C12H9BrFNO/c13-8-2-1-3-11(4-8)16-12-6-9(14)5-10(15)7-12/h1-7H,15H2. The van der Waals surface area contributed by atoms with Crippen molar-refractivity contribution in [2.45, 2.75) is 0 Å². The summed E-state index contributed by atoms with van der Waals surface area (Å²) < 4.78 is 19.4. The normalized spacial score (nSPS) is 10.1. The molecule has 2 aromatic carbocycles. The Morgan fingerprint density at radius 1 is 1.06 bits per heavy atom. The van der Waals surface area contributed by atoms with Gasteiger partial charge in [-0.1, -0.05) is 22.0 Å². The number of rotatable bonds is 2. The molecule has 0 aliphatic rings. The first-order valence-corrected chi connectivity index (χ1v) is 5.42. The summed E-state index contributed by atoms with van der Waals surface area (Å²) in [6, 6.07) is 11.4. The Labute approximate surface area is 101 Å². The lowest BCUT2D eigenvalue weighted by molar-refractivity contribution is 0.477. The van der Waals surface area contributed by atoms with Crippen molar-refractivity contribution in [3.63, 3.8) is 0 Å². The molecule has 2 aromatic rings. The second-order valence-corrected chi connectivity index (χ2v) is 4.20. The van der Waals surface area contributed by atoms with Crippen LogP contribution in [0, 0.1) is 5.82 Å². The van der Waals surface area contributed by atoms with Crippen LogP contribution in [0.2, 0.25) is 0 Å². The average Bonchev–Trinajstić information content (AvgIpc) is 2.15. The van der Waals surface area contributed by atoms with Crippen molar-refractivity contribution in [1.82, 2.24) is 0 Å². The van der Waals surface area contributed by atoms with Crippen LogP contribution in [0.5, 0.6) is 11.5 Å². The van der Waals surface area contributed by atoms with Gasteiger partial charge < -0.3 is 10.5 Å². The van der Waals surface area contributed by atoms with E-state index in [0.717, 1.165) is 4.47 Å². The van der Waals surface area contributed by atoms with Crippen molar-refractivity contribution in [2.75, 3.05) is 5.73 Å². The highest BCUT2D eigenvalue weighted by molar-refractivity contribution is 9.10. The van der Waals surface area contributed by atoms with E-state index in [2.05, 4.69) is 15.9 Å². The highest BCUT2D eigenvalue weighted by Crippen LogP contribution is 2.26. The summed E-state index contributed by atoms with van der Waals surface area (Å²) in [6.45, 7) is 0. The minimum atomic E-state index is -0.412. The Morgan fingerprint density at radius 2 is 1.88 bits per heavy atom. The Kier molecular flexibility index (Phi) is 3.10. The van der Waals surface area contributed by atoms with E-state index in [-0.39, 0.29) is 0 Å². The molecule has 4 heteroatoms. The van der Waals surface area contributed by atoms with Crippen LogP contribution in [-0.2, 0) is 0 Å². The fraction of sp³-hybridized carbons (Fsp3) is 0. The molecule has 2 rings (SSSR count). The first kappa shape index (κ1) is 11.0. The first-order valence-electron chi connectivity index (χ1n) is 4.63. The molecule has 0 radical (unpaired) electrons. The van der Waals surface area contributed by atoms with Crippen LogP contribution in [0.3, 0.4) is 0 Å². The second-order valence-electron chi connectivity index (χ2n) is 3.28. The number of anilines is 1. The molecule has 0 amide bonds. The fourth-order valence-electron chi connectivity index (χ4n) is 1.31. The lowest BCUT2D eigenvalue weighted by atomic mass is 10.3. The number of ether oxygens (including phenoxy) is 1. The Balaban J connectivity index is 2.27. The molecule has 0 heterocycles. The molecule has 0 fully saturated rings. The number of halogens is 2. The van der Waals surface area contributed by atoms with Gasteiger partial charge in [-0.15, -0.1) is 0 Å². The monoisotopic (exact) mass is 281 g/mol. The van der Waals surface area contributed by atoms with E-state index in [4.69, 9.17) is 10.5 Å². The lowest BCUT2D eigenvalue weighted by Gasteiger charge is -2.06. The zero-order valence-electron chi connectivity index (χ0n) is 8.28. The summed E-state index contributed by atoms with van der Waals surface area (Å²) >= 11 is 3.33. The van der Waals surface area contributed by atoms with E-state index < -0.39 is 5.82 Å². The van der Waals surface area contributed by atoms with Crippen LogP contribution in [0.15, 0.2) is 46.9 Å². The largest absolute Gasteiger partial charge is 0.457 e. The number of benzene rings is 2. The zero-order chi connectivity index (χ0) is 11.5. The average molecular weight is 282 g/mol. The molecule has 2 nitrogen and oxygen atoms in total. The summed E-state index contributed by atoms with van der Waals surface area (Å²) in [5.41, 5.74) is 5.85. The SMILES string of the molecule is Nc1cc(F)cc(Oc2cccc(Br)c2)c1. The van der Waals surface area contributed by atoms with E-state index in [1.54, 1.807) is 18.2 Å². The van der Waals surface area contributed by atoms with Gasteiger partial charge in [-0.05, 0) is 24.3 Å². The van der Waals surface area contributed by atoms with Gasteiger partial charge in [0, 0.05) is 22.3 Å². The third-order valence-corrected chi connectivity index (χ3v) is 2.42. The summed E-state index contributed by atoms with van der Waals surface area (Å²) in [5, 5.41) is 0.